The minimum atomic E-state index is -0.0591. The molecule has 7 heteroatoms. The third kappa shape index (κ3) is 4.24. The number of hydrogen-bond donors (Lipinski definition) is 2. The van der Waals surface area contributed by atoms with Crippen LogP contribution in [0.15, 0.2) is 54.0 Å². The van der Waals surface area contributed by atoms with E-state index in [1.165, 1.54) is 0 Å². The normalized spacial score (nSPS) is 19.3. The summed E-state index contributed by atoms with van der Waals surface area (Å²) in [7, 11) is 0. The molecule has 3 aromatic rings. The second-order valence-electron chi connectivity index (χ2n) is 6.61. The van der Waals surface area contributed by atoms with E-state index < -0.39 is 0 Å². The highest BCUT2D eigenvalue weighted by Crippen LogP contribution is 2.28. The lowest BCUT2D eigenvalue weighted by atomic mass is 9.99. The van der Waals surface area contributed by atoms with Crippen LogP contribution < -0.4 is 10.6 Å². The fourth-order valence-electron chi connectivity index (χ4n) is 3.34. The first-order chi connectivity index (χ1) is 12.7. The lowest BCUT2D eigenvalue weighted by molar-refractivity contribution is 0.0920. The highest BCUT2D eigenvalue weighted by Gasteiger charge is 2.26. The average Bonchev–Trinajstić information content (AvgIpc) is 3.34. The zero-order chi connectivity index (χ0) is 17.9. The summed E-state index contributed by atoms with van der Waals surface area (Å²) in [5.41, 5.74) is 2.30. The number of amides is 1. The molecule has 0 aliphatic carbocycles. The molecule has 0 bridgehead atoms. The van der Waals surface area contributed by atoms with Crippen LogP contribution in [0.25, 0.3) is 16.3 Å². The third-order valence-electron chi connectivity index (χ3n) is 4.81. The Bertz CT molecular complexity index is 879. The Morgan fingerprint density at radius 2 is 2.07 bits per heavy atom. The summed E-state index contributed by atoms with van der Waals surface area (Å²) in [4.78, 5) is 14.0. The van der Waals surface area contributed by atoms with Crippen molar-refractivity contribution in [2.75, 3.05) is 6.54 Å². The van der Waals surface area contributed by atoms with Gasteiger partial charge in [0.1, 0.15) is 5.69 Å². The van der Waals surface area contributed by atoms with Gasteiger partial charge in [0.2, 0.25) is 0 Å². The standard InChI is InChI=1S/C20H22N4OS.ClH/c1-14-17(9-5-11-21-14)22-20(25)16-13-24(15-7-3-2-4-8-15)23-19(16)18-10-6-12-26-18;/h2-4,6-8,10,12-14,17,21H,5,9,11H2,1H3,(H,22,25);1H. The van der Waals surface area contributed by atoms with Crippen molar-refractivity contribution in [1.82, 2.24) is 20.4 Å². The molecule has 2 unspecified atom stereocenters. The topological polar surface area (TPSA) is 58.9 Å². The van der Waals surface area contributed by atoms with Crippen LogP contribution in [0, 0.1) is 0 Å². The quantitative estimate of drug-likeness (QED) is 0.695. The first kappa shape index (κ1) is 19.6. The minimum absolute atomic E-state index is 0. The van der Waals surface area contributed by atoms with Crippen LogP contribution in [0.2, 0.25) is 0 Å². The molecule has 1 amide bonds. The largest absolute Gasteiger partial charge is 0.348 e. The zero-order valence-electron chi connectivity index (χ0n) is 15.1. The number of piperidine rings is 1. The van der Waals surface area contributed by atoms with Gasteiger partial charge < -0.3 is 10.6 Å². The molecule has 27 heavy (non-hydrogen) atoms. The Kier molecular flexibility index (Phi) is 6.31. The molecule has 2 N–H and O–H groups in total. The van der Waals surface area contributed by atoms with Crippen molar-refractivity contribution in [3.8, 4) is 16.3 Å². The number of aromatic nitrogens is 2. The summed E-state index contributed by atoms with van der Waals surface area (Å²) in [5.74, 6) is -0.0591. The number of para-hydroxylation sites is 1. The van der Waals surface area contributed by atoms with Gasteiger partial charge in [0.25, 0.3) is 5.91 Å². The first-order valence-corrected chi connectivity index (χ1v) is 9.83. The van der Waals surface area contributed by atoms with E-state index in [1.54, 1.807) is 16.0 Å². The summed E-state index contributed by atoms with van der Waals surface area (Å²) in [5, 5.41) is 13.3. The van der Waals surface area contributed by atoms with E-state index in [0.717, 1.165) is 35.6 Å². The van der Waals surface area contributed by atoms with E-state index in [0.29, 0.717) is 5.56 Å². The minimum Gasteiger partial charge on any atom is -0.348 e. The molecule has 142 valence electrons. The maximum atomic E-state index is 13.0. The average molecular weight is 403 g/mol. The van der Waals surface area contributed by atoms with Gasteiger partial charge in [-0.2, -0.15) is 5.10 Å². The van der Waals surface area contributed by atoms with Gasteiger partial charge in [0.15, 0.2) is 0 Å². The summed E-state index contributed by atoms with van der Waals surface area (Å²) in [6.07, 6.45) is 3.91. The van der Waals surface area contributed by atoms with E-state index in [2.05, 4.69) is 17.6 Å². The predicted octanol–water partition coefficient (Wildman–Crippen LogP) is 3.89. The highest BCUT2D eigenvalue weighted by molar-refractivity contribution is 7.13. The molecule has 1 fully saturated rings. The van der Waals surface area contributed by atoms with Crippen molar-refractivity contribution in [1.29, 1.82) is 0 Å². The fraction of sp³-hybridized carbons (Fsp3) is 0.300. The number of hydrogen-bond acceptors (Lipinski definition) is 4. The first-order valence-electron chi connectivity index (χ1n) is 8.95. The number of carbonyl (C=O) groups is 1. The van der Waals surface area contributed by atoms with Crippen LogP contribution in [-0.2, 0) is 0 Å². The molecule has 0 spiro atoms. The Morgan fingerprint density at radius 1 is 1.26 bits per heavy atom. The van der Waals surface area contributed by atoms with Crippen LogP contribution >= 0.6 is 23.7 Å². The highest BCUT2D eigenvalue weighted by atomic mass is 35.5. The molecular weight excluding hydrogens is 380 g/mol. The van der Waals surface area contributed by atoms with Gasteiger partial charge in [-0.3, -0.25) is 4.79 Å². The van der Waals surface area contributed by atoms with Crippen molar-refractivity contribution in [2.24, 2.45) is 0 Å². The van der Waals surface area contributed by atoms with Crippen LogP contribution in [0.1, 0.15) is 30.1 Å². The Morgan fingerprint density at radius 3 is 2.78 bits per heavy atom. The third-order valence-corrected chi connectivity index (χ3v) is 5.69. The van der Waals surface area contributed by atoms with Crippen molar-refractivity contribution in [2.45, 2.75) is 31.8 Å². The van der Waals surface area contributed by atoms with Crippen molar-refractivity contribution in [3.63, 3.8) is 0 Å². The smallest absolute Gasteiger partial charge is 0.255 e. The Hall–Kier alpha value is -2.15. The van der Waals surface area contributed by atoms with E-state index in [4.69, 9.17) is 5.10 Å². The van der Waals surface area contributed by atoms with E-state index in [-0.39, 0.29) is 30.4 Å². The Balaban J connectivity index is 0.00000210. The molecule has 3 heterocycles. The van der Waals surface area contributed by atoms with Crippen LogP contribution in [0.5, 0.6) is 0 Å². The van der Waals surface area contributed by atoms with Gasteiger partial charge >= 0.3 is 0 Å². The molecule has 1 saturated heterocycles. The molecule has 0 radical (unpaired) electrons. The van der Waals surface area contributed by atoms with Gasteiger partial charge in [-0.25, -0.2) is 4.68 Å². The lowest BCUT2D eigenvalue weighted by Gasteiger charge is -2.30. The summed E-state index contributed by atoms with van der Waals surface area (Å²) in [6, 6.07) is 14.3. The lowest BCUT2D eigenvalue weighted by Crippen LogP contribution is -2.51. The molecule has 0 saturated carbocycles. The molecule has 1 aliphatic heterocycles. The van der Waals surface area contributed by atoms with Gasteiger partial charge in [0, 0.05) is 18.3 Å². The van der Waals surface area contributed by atoms with E-state index in [9.17, 15) is 4.79 Å². The molecule has 2 atom stereocenters. The number of nitrogens with zero attached hydrogens (tertiary/aromatic N) is 2. The number of carbonyl (C=O) groups excluding carboxylic acids is 1. The second kappa shape index (κ2) is 8.69. The van der Waals surface area contributed by atoms with Crippen LogP contribution in [-0.4, -0.2) is 34.3 Å². The fourth-order valence-corrected chi connectivity index (χ4v) is 4.06. The van der Waals surface area contributed by atoms with E-state index >= 15 is 0 Å². The van der Waals surface area contributed by atoms with Crippen LogP contribution in [0.4, 0.5) is 0 Å². The zero-order valence-corrected chi connectivity index (χ0v) is 16.7. The van der Waals surface area contributed by atoms with Crippen molar-refractivity contribution >= 4 is 29.7 Å². The number of thiophene rings is 1. The monoisotopic (exact) mass is 402 g/mol. The summed E-state index contributed by atoms with van der Waals surface area (Å²) in [6.45, 7) is 3.14. The molecule has 4 rings (SSSR count). The van der Waals surface area contributed by atoms with Crippen molar-refractivity contribution < 1.29 is 4.79 Å². The summed E-state index contributed by atoms with van der Waals surface area (Å²) >= 11 is 1.59. The SMILES string of the molecule is CC1NCCCC1NC(=O)c1cn(-c2ccccc2)nc1-c1cccs1.Cl. The van der Waals surface area contributed by atoms with Gasteiger partial charge in [-0.15, -0.1) is 23.7 Å². The maximum Gasteiger partial charge on any atom is 0.255 e. The van der Waals surface area contributed by atoms with Gasteiger partial charge in [0.05, 0.1) is 16.1 Å². The number of nitrogens with one attached hydrogen (secondary N) is 2. The number of rotatable bonds is 4. The van der Waals surface area contributed by atoms with Crippen molar-refractivity contribution in [3.05, 3.63) is 59.6 Å². The van der Waals surface area contributed by atoms with Crippen LogP contribution in [0.3, 0.4) is 0 Å². The number of benzene rings is 1. The van der Waals surface area contributed by atoms with Gasteiger partial charge in [-0.1, -0.05) is 24.3 Å². The second-order valence-corrected chi connectivity index (χ2v) is 7.56. The molecule has 2 aromatic heterocycles. The molecule has 5 nitrogen and oxygen atoms in total. The Labute approximate surface area is 169 Å². The summed E-state index contributed by atoms with van der Waals surface area (Å²) < 4.78 is 1.78. The van der Waals surface area contributed by atoms with E-state index in [1.807, 2.05) is 54.0 Å². The maximum absolute atomic E-state index is 13.0. The predicted molar refractivity (Wildman–Crippen MR) is 112 cm³/mol. The molecule has 1 aromatic carbocycles. The molecule has 1 aliphatic rings. The number of halogens is 1. The molecular formula is C20H23ClN4OS. The van der Waals surface area contributed by atoms with Gasteiger partial charge in [-0.05, 0) is 49.9 Å².